The molecule has 0 amide bonds. The molecular formula is C18H13N3OS. The Labute approximate surface area is 137 Å². The summed E-state index contributed by atoms with van der Waals surface area (Å²) in [4.78, 5) is 7.35. The molecule has 0 fully saturated rings. The number of H-pyrrole nitrogens is 1. The van der Waals surface area contributed by atoms with E-state index < -0.39 is 0 Å². The van der Waals surface area contributed by atoms with E-state index in [2.05, 4.69) is 9.98 Å². The Morgan fingerprint density at radius 2 is 1.96 bits per heavy atom. The summed E-state index contributed by atoms with van der Waals surface area (Å²) in [6.45, 7) is 0. The molecule has 5 heteroatoms. The lowest BCUT2D eigenvalue weighted by Crippen LogP contribution is -2.06. The van der Waals surface area contributed by atoms with Gasteiger partial charge in [0.05, 0.1) is 11.4 Å². The number of nitrogens with one attached hydrogen (secondary N) is 1. The summed E-state index contributed by atoms with van der Waals surface area (Å²) in [6, 6.07) is 15.5. The second-order valence-corrected chi connectivity index (χ2v) is 5.63. The van der Waals surface area contributed by atoms with E-state index in [0.29, 0.717) is 10.5 Å². The van der Waals surface area contributed by atoms with Gasteiger partial charge in [-0.15, -0.1) is 0 Å². The first kappa shape index (κ1) is 13.7. The number of rotatable bonds is 2. The lowest BCUT2D eigenvalue weighted by molar-refractivity contribution is 0.440. The molecule has 112 valence electrons. The molecule has 0 unspecified atom stereocenters. The Morgan fingerprint density at radius 3 is 2.78 bits per heavy atom. The molecule has 4 nitrogen and oxygen atoms in total. The minimum absolute atomic E-state index is 0.0942. The number of hydrogen-bond donors (Lipinski definition) is 2. The van der Waals surface area contributed by atoms with E-state index in [1.54, 1.807) is 10.8 Å². The van der Waals surface area contributed by atoms with Gasteiger partial charge < -0.3 is 10.1 Å². The van der Waals surface area contributed by atoms with Crippen LogP contribution in [0.2, 0.25) is 0 Å². The molecule has 23 heavy (non-hydrogen) atoms. The fourth-order valence-electron chi connectivity index (χ4n) is 2.63. The topological polar surface area (TPSA) is 53.3 Å². The van der Waals surface area contributed by atoms with Gasteiger partial charge >= 0.3 is 0 Å². The van der Waals surface area contributed by atoms with E-state index in [1.807, 2.05) is 60.7 Å². The van der Waals surface area contributed by atoms with Gasteiger partial charge in [-0.05, 0) is 47.8 Å². The largest absolute Gasteiger partial charge is 0.493 e. The Bertz CT molecular complexity index is 1090. The maximum absolute atomic E-state index is 10.5. The van der Waals surface area contributed by atoms with Crippen LogP contribution in [0.25, 0.3) is 17.8 Å². The zero-order chi connectivity index (χ0) is 15.8. The van der Waals surface area contributed by atoms with Crippen molar-refractivity contribution in [3.8, 4) is 11.6 Å². The van der Waals surface area contributed by atoms with Crippen LogP contribution in [0.4, 0.5) is 5.69 Å². The summed E-state index contributed by atoms with van der Waals surface area (Å²) in [5, 5.41) is 12.6. The molecule has 0 atom stereocenters. The zero-order valence-electron chi connectivity index (χ0n) is 12.1. The van der Waals surface area contributed by atoms with Crippen LogP contribution in [0.15, 0.2) is 53.5 Å². The molecule has 0 bridgehead atoms. The van der Waals surface area contributed by atoms with E-state index in [1.165, 1.54) is 0 Å². The molecule has 4 rings (SSSR count). The third kappa shape index (κ3) is 2.41. The number of aromatic nitrogens is 2. The smallest absolute Gasteiger partial charge is 0.222 e. The Kier molecular flexibility index (Phi) is 3.20. The van der Waals surface area contributed by atoms with Crippen LogP contribution >= 0.6 is 12.2 Å². The molecule has 2 N–H and O–H groups in total. The average Bonchev–Trinajstić information content (AvgIpc) is 3.13. The van der Waals surface area contributed by atoms with Crippen molar-refractivity contribution in [2.24, 2.45) is 4.99 Å². The van der Waals surface area contributed by atoms with Gasteiger partial charge in [0.2, 0.25) is 5.88 Å². The van der Waals surface area contributed by atoms with Gasteiger partial charge in [0, 0.05) is 11.4 Å². The van der Waals surface area contributed by atoms with Crippen LogP contribution in [0, 0.1) is 4.77 Å². The molecule has 1 aliphatic heterocycles. The number of nitrogens with zero attached hydrogens (tertiary/aromatic N) is 2. The van der Waals surface area contributed by atoms with Crippen molar-refractivity contribution < 1.29 is 5.11 Å². The summed E-state index contributed by atoms with van der Waals surface area (Å²) in [7, 11) is 0. The van der Waals surface area contributed by atoms with Crippen molar-refractivity contribution in [1.82, 2.24) is 9.55 Å². The van der Waals surface area contributed by atoms with Gasteiger partial charge in [-0.2, -0.15) is 0 Å². The first-order chi connectivity index (χ1) is 11.2. The number of benzene rings is 2. The van der Waals surface area contributed by atoms with Gasteiger partial charge in [-0.1, -0.05) is 30.3 Å². The SMILES string of the molecule is Oc1c(/C=c2/ccc3c(c2)N=CC=3)[nH]c(=S)n1-c1ccccc1. The Balaban J connectivity index is 1.86. The van der Waals surface area contributed by atoms with Crippen molar-refractivity contribution in [3.63, 3.8) is 0 Å². The molecule has 2 aromatic carbocycles. The number of fused-ring (bicyclic) bond motifs is 1. The van der Waals surface area contributed by atoms with Crippen molar-refractivity contribution >= 4 is 36.3 Å². The van der Waals surface area contributed by atoms with Gasteiger partial charge in [0.15, 0.2) is 4.77 Å². The average molecular weight is 319 g/mol. The van der Waals surface area contributed by atoms with Gasteiger partial charge in [0.25, 0.3) is 0 Å². The van der Waals surface area contributed by atoms with Crippen LogP contribution < -0.4 is 10.4 Å². The summed E-state index contributed by atoms with van der Waals surface area (Å²) in [5.74, 6) is 0.0942. The zero-order valence-corrected chi connectivity index (χ0v) is 12.9. The predicted molar refractivity (Wildman–Crippen MR) is 94.5 cm³/mol. The first-order valence-corrected chi connectivity index (χ1v) is 7.59. The van der Waals surface area contributed by atoms with Crippen LogP contribution in [-0.4, -0.2) is 20.9 Å². The predicted octanol–water partition coefficient (Wildman–Crippen LogP) is 2.57. The molecule has 0 aliphatic carbocycles. The van der Waals surface area contributed by atoms with Gasteiger partial charge in [0.1, 0.15) is 5.69 Å². The minimum atomic E-state index is 0.0942. The third-order valence-corrected chi connectivity index (χ3v) is 4.03. The highest BCUT2D eigenvalue weighted by Crippen LogP contribution is 2.22. The minimum Gasteiger partial charge on any atom is -0.493 e. The molecule has 1 aromatic heterocycles. The summed E-state index contributed by atoms with van der Waals surface area (Å²) in [6.07, 6.45) is 5.61. The quantitative estimate of drug-likeness (QED) is 0.713. The number of aliphatic imine (C=N–C) groups is 1. The number of aromatic amines is 1. The number of aromatic hydroxyl groups is 1. The number of imidazole rings is 1. The summed E-state index contributed by atoms with van der Waals surface area (Å²) in [5.41, 5.74) is 2.32. The highest BCUT2D eigenvalue weighted by Gasteiger charge is 2.10. The van der Waals surface area contributed by atoms with E-state index in [4.69, 9.17) is 12.2 Å². The van der Waals surface area contributed by atoms with Crippen LogP contribution in [0.1, 0.15) is 5.69 Å². The Hall–Kier alpha value is -2.92. The van der Waals surface area contributed by atoms with Gasteiger partial charge in [-0.25, -0.2) is 0 Å². The van der Waals surface area contributed by atoms with Crippen LogP contribution in [0.3, 0.4) is 0 Å². The highest BCUT2D eigenvalue weighted by atomic mass is 32.1. The molecule has 0 radical (unpaired) electrons. The maximum atomic E-state index is 10.5. The van der Waals surface area contributed by atoms with Crippen molar-refractivity contribution in [2.75, 3.05) is 0 Å². The molecule has 2 heterocycles. The molecule has 0 saturated carbocycles. The molecule has 1 aliphatic rings. The number of para-hydroxylation sites is 1. The standard InChI is InChI=1S/C18H13N3OS/c22-17-16(11-12-6-7-13-8-9-19-15(13)10-12)20-18(23)21(17)14-4-2-1-3-5-14/h1-11,22H,(H,20,23)/b12-11-. The van der Waals surface area contributed by atoms with Crippen LogP contribution in [0.5, 0.6) is 5.88 Å². The van der Waals surface area contributed by atoms with Crippen molar-refractivity contribution in [3.05, 3.63) is 69.4 Å². The van der Waals surface area contributed by atoms with E-state index in [0.717, 1.165) is 21.8 Å². The molecule has 0 spiro atoms. The van der Waals surface area contributed by atoms with Crippen molar-refractivity contribution in [1.29, 1.82) is 0 Å². The first-order valence-electron chi connectivity index (χ1n) is 7.18. The normalized spacial score (nSPS) is 13.1. The lowest BCUT2D eigenvalue weighted by atomic mass is 10.2. The van der Waals surface area contributed by atoms with E-state index in [-0.39, 0.29) is 5.88 Å². The summed E-state index contributed by atoms with van der Waals surface area (Å²) < 4.78 is 2.06. The van der Waals surface area contributed by atoms with Gasteiger partial charge in [-0.3, -0.25) is 9.56 Å². The van der Waals surface area contributed by atoms with E-state index in [9.17, 15) is 5.11 Å². The van der Waals surface area contributed by atoms with Crippen LogP contribution in [-0.2, 0) is 0 Å². The number of hydrogen-bond acceptors (Lipinski definition) is 3. The van der Waals surface area contributed by atoms with E-state index >= 15 is 0 Å². The Morgan fingerprint density at radius 1 is 1.13 bits per heavy atom. The van der Waals surface area contributed by atoms with Crippen molar-refractivity contribution in [2.45, 2.75) is 0 Å². The molecule has 0 saturated heterocycles. The monoisotopic (exact) mass is 319 g/mol. The highest BCUT2D eigenvalue weighted by molar-refractivity contribution is 7.71. The second kappa shape index (κ2) is 5.37. The fraction of sp³-hybridized carbons (Fsp3) is 0. The maximum Gasteiger partial charge on any atom is 0.222 e. The second-order valence-electron chi connectivity index (χ2n) is 5.25. The molecule has 3 aromatic rings. The summed E-state index contributed by atoms with van der Waals surface area (Å²) >= 11 is 5.34. The molecular weight excluding hydrogens is 306 g/mol. The fourth-order valence-corrected chi connectivity index (χ4v) is 2.93. The lowest BCUT2D eigenvalue weighted by Gasteiger charge is -2.03. The third-order valence-electron chi connectivity index (χ3n) is 3.75.